The highest BCUT2D eigenvalue weighted by Gasteiger charge is 2.12. The van der Waals surface area contributed by atoms with Crippen LogP contribution in [0.4, 0.5) is 5.82 Å². The fourth-order valence-electron chi connectivity index (χ4n) is 2.98. The van der Waals surface area contributed by atoms with Crippen LogP contribution < -0.4 is 10.1 Å². The molecule has 0 atom stereocenters. The van der Waals surface area contributed by atoms with Crippen LogP contribution in [0.2, 0.25) is 0 Å². The average molecular weight is 374 g/mol. The molecule has 0 unspecified atom stereocenters. The average Bonchev–Trinajstić information content (AvgIpc) is 3.18. The zero-order valence-corrected chi connectivity index (χ0v) is 16.0. The molecule has 0 aliphatic rings. The molecule has 1 aromatic carbocycles. The predicted molar refractivity (Wildman–Crippen MR) is 108 cm³/mol. The monoisotopic (exact) mass is 374 g/mol. The highest BCUT2D eigenvalue weighted by Crippen LogP contribution is 2.19. The molecule has 142 valence electrons. The van der Waals surface area contributed by atoms with E-state index in [1.807, 2.05) is 42.5 Å². The Morgan fingerprint density at radius 1 is 1.11 bits per heavy atom. The van der Waals surface area contributed by atoms with Gasteiger partial charge < -0.3 is 10.1 Å². The highest BCUT2D eigenvalue weighted by atomic mass is 16.5. The van der Waals surface area contributed by atoms with E-state index in [9.17, 15) is 0 Å². The number of ether oxygens (including phenoxy) is 1. The molecule has 0 saturated heterocycles. The summed E-state index contributed by atoms with van der Waals surface area (Å²) in [6.07, 6.45) is 5.40. The molecule has 7 nitrogen and oxygen atoms in total. The van der Waals surface area contributed by atoms with Gasteiger partial charge in [-0.25, -0.2) is 4.98 Å². The minimum Gasteiger partial charge on any atom is -0.497 e. The lowest BCUT2D eigenvalue weighted by atomic mass is 10.2. The van der Waals surface area contributed by atoms with Gasteiger partial charge in [-0.3, -0.25) is 4.98 Å². The molecule has 0 saturated carbocycles. The van der Waals surface area contributed by atoms with Crippen LogP contribution >= 0.6 is 0 Å². The minimum atomic E-state index is 0.585. The van der Waals surface area contributed by atoms with Gasteiger partial charge in [0.05, 0.1) is 7.11 Å². The molecule has 7 heteroatoms. The third-order valence-electron chi connectivity index (χ3n) is 4.42. The first-order valence-electron chi connectivity index (χ1n) is 9.30. The number of methoxy groups -OCH3 is 1. The second-order valence-corrected chi connectivity index (χ2v) is 6.47. The highest BCUT2D eigenvalue weighted by molar-refractivity contribution is 5.57. The quantitative estimate of drug-likeness (QED) is 0.531. The maximum atomic E-state index is 5.22. The molecule has 1 N–H and O–H groups in total. The van der Waals surface area contributed by atoms with E-state index in [1.165, 1.54) is 0 Å². The maximum absolute atomic E-state index is 5.22. The molecule has 3 heterocycles. The van der Waals surface area contributed by atoms with E-state index < -0.39 is 0 Å². The first-order chi connectivity index (χ1) is 13.8. The van der Waals surface area contributed by atoms with Crippen LogP contribution in [0.15, 0.2) is 54.9 Å². The molecule has 0 spiro atoms. The van der Waals surface area contributed by atoms with E-state index in [1.54, 1.807) is 24.0 Å². The Balaban J connectivity index is 1.67. The molecule has 0 bridgehead atoms. The van der Waals surface area contributed by atoms with Gasteiger partial charge in [0.1, 0.15) is 11.6 Å². The summed E-state index contributed by atoms with van der Waals surface area (Å²) in [4.78, 5) is 13.4. The summed E-state index contributed by atoms with van der Waals surface area (Å²) in [5, 5.41) is 8.11. The lowest BCUT2D eigenvalue weighted by Crippen LogP contribution is -2.08. The molecular weight excluding hydrogens is 352 g/mol. The van der Waals surface area contributed by atoms with E-state index in [2.05, 4.69) is 32.3 Å². The number of anilines is 1. The topological polar surface area (TPSA) is 77.2 Å². The van der Waals surface area contributed by atoms with E-state index in [0.29, 0.717) is 18.1 Å². The van der Waals surface area contributed by atoms with Crippen molar-refractivity contribution in [3.8, 4) is 17.1 Å². The first-order valence-corrected chi connectivity index (χ1v) is 9.30. The van der Waals surface area contributed by atoms with Gasteiger partial charge in [-0.1, -0.05) is 25.5 Å². The van der Waals surface area contributed by atoms with Crippen molar-refractivity contribution in [3.63, 3.8) is 0 Å². The molecule has 4 aromatic rings. The fourth-order valence-corrected chi connectivity index (χ4v) is 2.98. The van der Waals surface area contributed by atoms with Crippen LogP contribution in [0.25, 0.3) is 17.2 Å². The zero-order chi connectivity index (χ0) is 19.3. The van der Waals surface area contributed by atoms with Crippen molar-refractivity contribution in [2.24, 2.45) is 0 Å². The van der Waals surface area contributed by atoms with Crippen molar-refractivity contribution in [2.45, 2.75) is 26.3 Å². The van der Waals surface area contributed by atoms with Crippen LogP contribution in [-0.4, -0.2) is 31.7 Å². The van der Waals surface area contributed by atoms with E-state index in [4.69, 9.17) is 4.74 Å². The van der Waals surface area contributed by atoms with Gasteiger partial charge in [0.2, 0.25) is 0 Å². The molecule has 0 aliphatic carbocycles. The summed E-state index contributed by atoms with van der Waals surface area (Å²) in [7, 11) is 1.67. The first kappa shape index (κ1) is 17.9. The van der Waals surface area contributed by atoms with Crippen molar-refractivity contribution in [2.75, 3.05) is 12.4 Å². The van der Waals surface area contributed by atoms with Crippen LogP contribution in [0.3, 0.4) is 0 Å². The lowest BCUT2D eigenvalue weighted by molar-refractivity contribution is 0.414. The largest absolute Gasteiger partial charge is 0.497 e. The molecule has 28 heavy (non-hydrogen) atoms. The number of benzene rings is 1. The number of aromatic nitrogens is 5. The zero-order valence-electron chi connectivity index (χ0n) is 16.0. The summed E-state index contributed by atoms with van der Waals surface area (Å²) in [5.41, 5.74) is 3.01. The van der Waals surface area contributed by atoms with Crippen LogP contribution in [0.1, 0.15) is 24.6 Å². The molecule has 0 aliphatic heterocycles. The SMILES string of the molecule is CCCc1cc(NCc2ccc(OC)cc2)n2nc(-c3cccnc3)nc2n1. The standard InChI is InChI=1S/C21H22N6O/c1-3-5-17-12-19(23-13-15-7-9-18(28-2)10-8-15)27-21(24-17)25-20(26-27)16-6-4-11-22-14-16/h4,6-12,14,23H,3,5,13H2,1-2H3. The molecule has 3 aromatic heterocycles. The number of pyridine rings is 1. The lowest BCUT2D eigenvalue weighted by Gasteiger charge is -2.10. The molecule has 0 amide bonds. The van der Waals surface area contributed by atoms with E-state index >= 15 is 0 Å². The Hall–Kier alpha value is -3.48. The van der Waals surface area contributed by atoms with Gasteiger partial charge in [-0.15, -0.1) is 5.10 Å². The fraction of sp³-hybridized carbons (Fsp3) is 0.238. The van der Waals surface area contributed by atoms with Crippen molar-refractivity contribution >= 4 is 11.6 Å². The van der Waals surface area contributed by atoms with Crippen LogP contribution in [-0.2, 0) is 13.0 Å². The van der Waals surface area contributed by atoms with Crippen LogP contribution in [0.5, 0.6) is 5.75 Å². The molecule has 0 fully saturated rings. The summed E-state index contributed by atoms with van der Waals surface area (Å²) in [5.74, 6) is 2.91. The maximum Gasteiger partial charge on any atom is 0.254 e. The van der Waals surface area contributed by atoms with Crippen molar-refractivity contribution < 1.29 is 4.74 Å². The number of nitrogens with one attached hydrogen (secondary N) is 1. The smallest absolute Gasteiger partial charge is 0.254 e. The van der Waals surface area contributed by atoms with Gasteiger partial charge in [0.25, 0.3) is 5.78 Å². The second kappa shape index (κ2) is 8.04. The molecule has 0 radical (unpaired) electrons. The third-order valence-corrected chi connectivity index (χ3v) is 4.42. The number of hydrogen-bond donors (Lipinski definition) is 1. The number of aryl methyl sites for hydroxylation is 1. The Kier molecular flexibility index (Phi) is 5.14. The number of nitrogens with zero attached hydrogens (tertiary/aromatic N) is 5. The summed E-state index contributed by atoms with van der Waals surface area (Å²) >= 11 is 0. The third kappa shape index (κ3) is 3.78. The summed E-state index contributed by atoms with van der Waals surface area (Å²) < 4.78 is 6.98. The van der Waals surface area contributed by atoms with E-state index in [-0.39, 0.29) is 0 Å². The van der Waals surface area contributed by atoms with Crippen molar-refractivity contribution in [3.05, 3.63) is 66.1 Å². The number of fused-ring (bicyclic) bond motifs is 1. The Bertz CT molecular complexity index is 1060. The van der Waals surface area contributed by atoms with Gasteiger partial charge in [0.15, 0.2) is 5.82 Å². The molecule has 4 rings (SSSR count). The van der Waals surface area contributed by atoms with Gasteiger partial charge in [-0.05, 0) is 36.2 Å². The van der Waals surface area contributed by atoms with Crippen LogP contribution in [0, 0.1) is 0 Å². The van der Waals surface area contributed by atoms with Crippen molar-refractivity contribution in [1.29, 1.82) is 0 Å². The summed E-state index contributed by atoms with van der Waals surface area (Å²) in [6, 6.07) is 13.9. The van der Waals surface area contributed by atoms with E-state index in [0.717, 1.165) is 41.2 Å². The Morgan fingerprint density at radius 2 is 1.96 bits per heavy atom. The van der Waals surface area contributed by atoms with Crippen molar-refractivity contribution in [1.82, 2.24) is 24.6 Å². The summed E-state index contributed by atoms with van der Waals surface area (Å²) in [6.45, 7) is 2.80. The Labute approximate surface area is 163 Å². The second-order valence-electron chi connectivity index (χ2n) is 6.47. The Morgan fingerprint density at radius 3 is 2.68 bits per heavy atom. The molecular formula is C21H22N6O. The number of rotatable bonds is 7. The predicted octanol–water partition coefficient (Wildman–Crippen LogP) is 3.76. The van der Waals surface area contributed by atoms with Gasteiger partial charge >= 0.3 is 0 Å². The van der Waals surface area contributed by atoms with Gasteiger partial charge in [0, 0.05) is 36.3 Å². The number of hydrogen-bond acceptors (Lipinski definition) is 6. The normalized spacial score (nSPS) is 10.9. The van der Waals surface area contributed by atoms with Gasteiger partial charge in [-0.2, -0.15) is 9.50 Å². The minimum absolute atomic E-state index is 0.585.